The van der Waals surface area contributed by atoms with Crippen molar-refractivity contribution in [2.75, 3.05) is 26.2 Å². The average Bonchev–Trinajstić information content (AvgIpc) is 2.39. The molecule has 1 saturated heterocycles. The Balaban J connectivity index is 2.49. The van der Waals surface area contributed by atoms with Gasteiger partial charge in [0.15, 0.2) is 0 Å². The Morgan fingerprint density at radius 2 is 1.75 bits per heavy atom. The maximum atomic E-state index is 13.9. The normalized spacial score (nSPS) is 19.1. The Kier molecular flexibility index (Phi) is 4.79. The summed E-state index contributed by atoms with van der Waals surface area (Å²) in [6.07, 6.45) is -4.63. The van der Waals surface area contributed by atoms with Gasteiger partial charge in [-0.15, -0.1) is 0 Å². The number of alkyl halides is 3. The molecule has 1 heterocycles. The van der Waals surface area contributed by atoms with E-state index in [2.05, 4.69) is 5.32 Å². The van der Waals surface area contributed by atoms with Gasteiger partial charge in [0.1, 0.15) is 11.9 Å². The van der Waals surface area contributed by atoms with Crippen LogP contribution in [0.5, 0.6) is 0 Å². The second-order valence-corrected chi connectivity index (χ2v) is 5.27. The molecule has 0 radical (unpaired) electrons. The standard InChI is InChI=1S/C12H12Cl2F4N2/c13-7-1-2-8(15)9(10(7)14)11(12(16,17)18)20-5-3-19-4-6-20/h1-2,11,19H,3-6H2/t11-/m0/s1. The van der Waals surface area contributed by atoms with E-state index in [1.807, 2.05) is 0 Å². The Hall–Kier alpha value is -0.560. The van der Waals surface area contributed by atoms with Gasteiger partial charge in [-0.1, -0.05) is 23.2 Å². The minimum atomic E-state index is -4.63. The number of halogens is 6. The summed E-state index contributed by atoms with van der Waals surface area (Å²) in [5.41, 5.74) is -0.603. The van der Waals surface area contributed by atoms with Gasteiger partial charge in [0.2, 0.25) is 0 Å². The molecule has 0 amide bonds. The van der Waals surface area contributed by atoms with Gasteiger partial charge in [-0.2, -0.15) is 13.2 Å². The van der Waals surface area contributed by atoms with Crippen LogP contribution in [-0.2, 0) is 0 Å². The third kappa shape index (κ3) is 3.19. The van der Waals surface area contributed by atoms with Crippen molar-refractivity contribution in [1.82, 2.24) is 10.2 Å². The summed E-state index contributed by atoms with van der Waals surface area (Å²) in [5, 5.41) is 2.48. The number of hydrogen-bond donors (Lipinski definition) is 1. The fourth-order valence-corrected chi connectivity index (χ4v) is 2.71. The van der Waals surface area contributed by atoms with Crippen LogP contribution in [0, 0.1) is 5.82 Å². The molecule has 0 unspecified atom stereocenters. The van der Waals surface area contributed by atoms with E-state index in [9.17, 15) is 17.6 Å². The molecule has 112 valence electrons. The van der Waals surface area contributed by atoms with E-state index in [4.69, 9.17) is 23.2 Å². The lowest BCUT2D eigenvalue weighted by Gasteiger charge is -2.36. The van der Waals surface area contributed by atoms with E-state index >= 15 is 0 Å². The highest BCUT2D eigenvalue weighted by Gasteiger charge is 2.47. The van der Waals surface area contributed by atoms with Gasteiger partial charge in [-0.05, 0) is 12.1 Å². The zero-order valence-corrected chi connectivity index (χ0v) is 11.8. The molecule has 0 aliphatic carbocycles. The highest BCUT2D eigenvalue weighted by Crippen LogP contribution is 2.43. The van der Waals surface area contributed by atoms with Gasteiger partial charge in [0.25, 0.3) is 0 Å². The maximum absolute atomic E-state index is 13.9. The summed E-state index contributed by atoms with van der Waals surface area (Å²) in [4.78, 5) is 1.16. The van der Waals surface area contributed by atoms with Crippen molar-refractivity contribution in [3.63, 3.8) is 0 Å². The second kappa shape index (κ2) is 6.05. The summed E-state index contributed by atoms with van der Waals surface area (Å²) in [6, 6.07) is -0.0333. The monoisotopic (exact) mass is 330 g/mol. The molecule has 1 aromatic carbocycles. The largest absolute Gasteiger partial charge is 0.408 e. The van der Waals surface area contributed by atoms with E-state index in [1.165, 1.54) is 0 Å². The topological polar surface area (TPSA) is 15.3 Å². The first-order chi connectivity index (χ1) is 9.32. The molecular formula is C12H12Cl2F4N2. The fraction of sp³-hybridized carbons (Fsp3) is 0.500. The molecule has 1 N–H and O–H groups in total. The average molecular weight is 331 g/mol. The van der Waals surface area contributed by atoms with Crippen molar-refractivity contribution in [3.05, 3.63) is 33.6 Å². The van der Waals surface area contributed by atoms with Crippen LogP contribution >= 0.6 is 23.2 Å². The van der Waals surface area contributed by atoms with Crippen LogP contribution in [-0.4, -0.2) is 37.3 Å². The molecule has 1 fully saturated rings. The molecule has 20 heavy (non-hydrogen) atoms. The Labute approximate surface area is 123 Å². The summed E-state index contributed by atoms with van der Waals surface area (Å²) in [6.45, 7) is 1.14. The van der Waals surface area contributed by atoms with Crippen LogP contribution in [0.15, 0.2) is 12.1 Å². The predicted molar refractivity (Wildman–Crippen MR) is 69.7 cm³/mol. The molecule has 0 saturated carbocycles. The zero-order chi connectivity index (χ0) is 14.9. The molecule has 1 atom stereocenters. The highest BCUT2D eigenvalue weighted by atomic mass is 35.5. The van der Waals surface area contributed by atoms with Crippen molar-refractivity contribution in [2.45, 2.75) is 12.2 Å². The maximum Gasteiger partial charge on any atom is 0.408 e. The van der Waals surface area contributed by atoms with Crippen LogP contribution < -0.4 is 5.32 Å². The molecule has 1 aliphatic heterocycles. The SMILES string of the molecule is Fc1ccc(Cl)c(Cl)c1[C@H](N1CCNCC1)C(F)(F)F. The van der Waals surface area contributed by atoms with Crippen molar-refractivity contribution >= 4 is 23.2 Å². The molecule has 2 rings (SSSR count). The highest BCUT2D eigenvalue weighted by molar-refractivity contribution is 6.42. The first kappa shape index (κ1) is 15.8. The summed E-state index contributed by atoms with van der Waals surface area (Å²) >= 11 is 11.5. The van der Waals surface area contributed by atoms with Gasteiger partial charge in [-0.3, -0.25) is 4.90 Å². The van der Waals surface area contributed by atoms with Gasteiger partial charge in [0, 0.05) is 31.7 Å². The number of benzene rings is 1. The lowest BCUT2D eigenvalue weighted by molar-refractivity contribution is -0.188. The molecule has 0 aromatic heterocycles. The summed E-state index contributed by atoms with van der Waals surface area (Å²) in [5.74, 6) is -1.000. The van der Waals surface area contributed by atoms with Gasteiger partial charge in [-0.25, -0.2) is 4.39 Å². The molecule has 2 nitrogen and oxygen atoms in total. The molecule has 8 heteroatoms. The van der Waals surface area contributed by atoms with E-state index in [1.54, 1.807) is 0 Å². The van der Waals surface area contributed by atoms with Gasteiger partial charge in [0.05, 0.1) is 10.0 Å². The summed E-state index contributed by atoms with van der Waals surface area (Å²) < 4.78 is 53.9. The molecule has 1 aromatic rings. The Bertz CT molecular complexity index is 487. The third-order valence-corrected chi connectivity index (χ3v) is 4.00. The van der Waals surface area contributed by atoms with E-state index in [-0.39, 0.29) is 23.1 Å². The first-order valence-corrected chi connectivity index (χ1v) is 6.73. The lowest BCUT2D eigenvalue weighted by Crippen LogP contribution is -2.49. The van der Waals surface area contributed by atoms with E-state index < -0.39 is 23.6 Å². The van der Waals surface area contributed by atoms with Crippen LogP contribution in [0.25, 0.3) is 0 Å². The van der Waals surface area contributed by atoms with E-state index in [0.29, 0.717) is 13.1 Å². The zero-order valence-electron chi connectivity index (χ0n) is 10.3. The number of nitrogens with zero attached hydrogens (tertiary/aromatic N) is 1. The van der Waals surface area contributed by atoms with Gasteiger partial charge < -0.3 is 5.32 Å². The van der Waals surface area contributed by atoms with Crippen molar-refractivity contribution < 1.29 is 17.6 Å². The van der Waals surface area contributed by atoms with Crippen molar-refractivity contribution in [1.29, 1.82) is 0 Å². The quantitative estimate of drug-likeness (QED) is 0.658. The smallest absolute Gasteiger partial charge is 0.314 e. The second-order valence-electron chi connectivity index (χ2n) is 4.49. The van der Waals surface area contributed by atoms with Crippen LogP contribution in [0.1, 0.15) is 11.6 Å². The summed E-state index contributed by atoms with van der Waals surface area (Å²) in [7, 11) is 0. The predicted octanol–water partition coefficient (Wildman–Crippen LogP) is 3.64. The van der Waals surface area contributed by atoms with E-state index in [0.717, 1.165) is 17.0 Å². The van der Waals surface area contributed by atoms with Gasteiger partial charge >= 0.3 is 6.18 Å². The first-order valence-electron chi connectivity index (χ1n) is 5.97. The molecule has 1 aliphatic rings. The molecule has 0 spiro atoms. The number of nitrogens with one attached hydrogen (secondary N) is 1. The fourth-order valence-electron chi connectivity index (χ4n) is 2.29. The number of rotatable bonds is 2. The minimum absolute atomic E-state index is 0.0903. The minimum Gasteiger partial charge on any atom is -0.314 e. The number of piperazine rings is 1. The van der Waals surface area contributed by atoms with Crippen LogP contribution in [0.4, 0.5) is 17.6 Å². The lowest BCUT2D eigenvalue weighted by atomic mass is 10.0. The Morgan fingerprint density at radius 1 is 1.15 bits per heavy atom. The molecular weight excluding hydrogens is 319 g/mol. The number of hydrogen-bond acceptors (Lipinski definition) is 2. The van der Waals surface area contributed by atoms with Crippen molar-refractivity contribution in [3.8, 4) is 0 Å². The van der Waals surface area contributed by atoms with Crippen LogP contribution in [0.2, 0.25) is 10.0 Å². The van der Waals surface area contributed by atoms with Crippen LogP contribution in [0.3, 0.4) is 0 Å². The molecule has 0 bridgehead atoms. The third-order valence-electron chi connectivity index (χ3n) is 3.18. The van der Waals surface area contributed by atoms with Crippen molar-refractivity contribution in [2.24, 2.45) is 0 Å². The Morgan fingerprint density at radius 3 is 2.30 bits per heavy atom.